The van der Waals surface area contributed by atoms with Crippen molar-refractivity contribution in [2.24, 2.45) is 7.05 Å². The van der Waals surface area contributed by atoms with Crippen LogP contribution in [0.25, 0.3) is 0 Å². The van der Waals surface area contributed by atoms with Gasteiger partial charge in [0.2, 0.25) is 0 Å². The summed E-state index contributed by atoms with van der Waals surface area (Å²) >= 11 is 5.77. The molecule has 0 amide bonds. The number of anilines is 1. The van der Waals surface area contributed by atoms with Crippen LogP contribution in [0.4, 0.5) is 5.69 Å². The van der Waals surface area contributed by atoms with Crippen LogP contribution in [0.3, 0.4) is 0 Å². The average molecular weight is 280 g/mol. The number of rotatable bonds is 4. The molecule has 0 aliphatic heterocycles. The Morgan fingerprint density at radius 1 is 1.53 bits per heavy atom. The SMILES string of the molecule is Cn1ccnc1CCOC(=O)c1ccc(Cl)cc1N. The molecule has 0 saturated heterocycles. The van der Waals surface area contributed by atoms with Gasteiger partial charge in [-0.2, -0.15) is 0 Å². The van der Waals surface area contributed by atoms with Gasteiger partial charge in [0.1, 0.15) is 5.82 Å². The molecule has 5 nitrogen and oxygen atoms in total. The van der Waals surface area contributed by atoms with E-state index in [4.69, 9.17) is 22.1 Å². The van der Waals surface area contributed by atoms with Crippen molar-refractivity contribution in [3.63, 3.8) is 0 Å². The van der Waals surface area contributed by atoms with Crippen LogP contribution in [-0.2, 0) is 18.2 Å². The van der Waals surface area contributed by atoms with E-state index in [0.29, 0.717) is 22.7 Å². The first-order valence-electron chi connectivity index (χ1n) is 5.76. The number of carbonyl (C=O) groups is 1. The highest BCUT2D eigenvalue weighted by atomic mass is 35.5. The van der Waals surface area contributed by atoms with Crippen LogP contribution in [0.15, 0.2) is 30.6 Å². The molecule has 0 spiro atoms. The van der Waals surface area contributed by atoms with Gasteiger partial charge in [0.15, 0.2) is 0 Å². The van der Waals surface area contributed by atoms with Gasteiger partial charge in [0.25, 0.3) is 0 Å². The Morgan fingerprint density at radius 2 is 2.32 bits per heavy atom. The highest BCUT2D eigenvalue weighted by molar-refractivity contribution is 6.31. The summed E-state index contributed by atoms with van der Waals surface area (Å²) in [7, 11) is 1.89. The molecule has 2 rings (SSSR count). The maximum atomic E-state index is 11.8. The fraction of sp³-hybridized carbons (Fsp3) is 0.231. The summed E-state index contributed by atoms with van der Waals surface area (Å²) in [5, 5.41) is 0.488. The van der Waals surface area contributed by atoms with Gasteiger partial charge in [-0.05, 0) is 18.2 Å². The van der Waals surface area contributed by atoms with Crippen molar-refractivity contribution >= 4 is 23.3 Å². The monoisotopic (exact) mass is 279 g/mol. The van der Waals surface area contributed by atoms with E-state index in [1.54, 1.807) is 18.3 Å². The number of nitrogens with zero attached hydrogens (tertiary/aromatic N) is 2. The van der Waals surface area contributed by atoms with Crippen molar-refractivity contribution in [2.75, 3.05) is 12.3 Å². The van der Waals surface area contributed by atoms with E-state index in [-0.39, 0.29) is 6.61 Å². The zero-order valence-electron chi connectivity index (χ0n) is 10.5. The number of imidazole rings is 1. The van der Waals surface area contributed by atoms with Crippen LogP contribution in [0.2, 0.25) is 5.02 Å². The van der Waals surface area contributed by atoms with Gasteiger partial charge in [0.05, 0.1) is 12.2 Å². The molecule has 2 N–H and O–H groups in total. The molecule has 1 heterocycles. The Labute approximate surface area is 116 Å². The van der Waals surface area contributed by atoms with Crippen LogP contribution in [0, 0.1) is 0 Å². The molecule has 0 saturated carbocycles. The number of nitrogens with two attached hydrogens (primary N) is 1. The molecule has 2 aromatic rings. The Bertz CT molecular complexity index is 595. The number of nitrogen functional groups attached to an aromatic ring is 1. The summed E-state index contributed by atoms with van der Waals surface area (Å²) in [5.41, 5.74) is 6.35. The third-order valence-electron chi connectivity index (χ3n) is 2.71. The van der Waals surface area contributed by atoms with Crippen LogP contribution in [0.5, 0.6) is 0 Å². The van der Waals surface area contributed by atoms with E-state index in [0.717, 1.165) is 5.82 Å². The van der Waals surface area contributed by atoms with Crippen LogP contribution >= 0.6 is 11.6 Å². The first-order chi connectivity index (χ1) is 9.08. The Hall–Kier alpha value is -2.01. The average Bonchev–Trinajstić information content (AvgIpc) is 2.75. The minimum Gasteiger partial charge on any atom is -0.462 e. The topological polar surface area (TPSA) is 70.1 Å². The maximum Gasteiger partial charge on any atom is 0.340 e. The summed E-state index contributed by atoms with van der Waals surface area (Å²) in [4.78, 5) is 16.0. The van der Waals surface area contributed by atoms with E-state index < -0.39 is 5.97 Å². The van der Waals surface area contributed by atoms with E-state index >= 15 is 0 Å². The first kappa shape index (κ1) is 13.4. The third-order valence-corrected chi connectivity index (χ3v) is 2.95. The Kier molecular flexibility index (Phi) is 4.06. The minimum absolute atomic E-state index is 0.256. The fourth-order valence-corrected chi connectivity index (χ4v) is 1.85. The molecule has 1 aromatic carbocycles. The minimum atomic E-state index is -0.455. The predicted octanol–water partition coefficient (Wildman–Crippen LogP) is 2.06. The molecule has 0 fully saturated rings. The maximum absolute atomic E-state index is 11.8. The van der Waals surface area contributed by atoms with Gasteiger partial charge >= 0.3 is 5.97 Å². The summed E-state index contributed by atoms with van der Waals surface area (Å²) in [5.74, 6) is 0.403. The second kappa shape index (κ2) is 5.75. The quantitative estimate of drug-likeness (QED) is 0.687. The van der Waals surface area contributed by atoms with Gasteiger partial charge in [0, 0.05) is 36.6 Å². The zero-order valence-corrected chi connectivity index (χ0v) is 11.2. The second-order valence-electron chi connectivity index (χ2n) is 4.07. The summed E-state index contributed by atoms with van der Waals surface area (Å²) in [6.07, 6.45) is 4.10. The number of ether oxygens (including phenoxy) is 1. The number of benzene rings is 1. The Balaban J connectivity index is 1.93. The molecule has 19 heavy (non-hydrogen) atoms. The highest BCUT2D eigenvalue weighted by Gasteiger charge is 2.11. The highest BCUT2D eigenvalue weighted by Crippen LogP contribution is 2.18. The van der Waals surface area contributed by atoms with E-state index in [1.807, 2.05) is 17.8 Å². The third kappa shape index (κ3) is 3.26. The summed E-state index contributed by atoms with van der Waals surface area (Å²) in [6.45, 7) is 0.256. The lowest BCUT2D eigenvalue weighted by Gasteiger charge is -2.07. The van der Waals surface area contributed by atoms with Crippen molar-refractivity contribution in [2.45, 2.75) is 6.42 Å². The molecule has 0 bridgehead atoms. The van der Waals surface area contributed by atoms with Crippen LogP contribution in [0.1, 0.15) is 16.2 Å². The van der Waals surface area contributed by atoms with Gasteiger partial charge in [-0.15, -0.1) is 0 Å². The Morgan fingerprint density at radius 3 is 2.95 bits per heavy atom. The lowest BCUT2D eigenvalue weighted by Crippen LogP contribution is -2.11. The fourth-order valence-electron chi connectivity index (χ4n) is 1.67. The molecule has 6 heteroatoms. The number of esters is 1. The second-order valence-corrected chi connectivity index (χ2v) is 4.51. The number of halogens is 1. The van der Waals surface area contributed by atoms with Gasteiger partial charge in [-0.1, -0.05) is 11.6 Å². The molecule has 0 aliphatic rings. The van der Waals surface area contributed by atoms with Gasteiger partial charge < -0.3 is 15.0 Å². The smallest absolute Gasteiger partial charge is 0.340 e. The number of carbonyl (C=O) groups excluding carboxylic acids is 1. The van der Waals surface area contributed by atoms with Crippen LogP contribution in [-0.4, -0.2) is 22.1 Å². The van der Waals surface area contributed by atoms with E-state index in [2.05, 4.69) is 4.98 Å². The number of aryl methyl sites for hydroxylation is 1. The predicted molar refractivity (Wildman–Crippen MR) is 73.1 cm³/mol. The molecule has 0 unspecified atom stereocenters. The molecule has 0 aliphatic carbocycles. The number of hydrogen-bond donors (Lipinski definition) is 1. The van der Waals surface area contributed by atoms with Crippen molar-refractivity contribution in [1.29, 1.82) is 0 Å². The molecule has 0 atom stereocenters. The molecular formula is C13H14ClN3O2. The van der Waals surface area contributed by atoms with E-state index in [1.165, 1.54) is 6.07 Å². The van der Waals surface area contributed by atoms with Crippen molar-refractivity contribution in [1.82, 2.24) is 9.55 Å². The molecule has 0 radical (unpaired) electrons. The summed E-state index contributed by atoms with van der Waals surface area (Å²) in [6, 6.07) is 4.69. The lowest BCUT2D eigenvalue weighted by atomic mass is 10.2. The van der Waals surface area contributed by atoms with Crippen molar-refractivity contribution in [3.05, 3.63) is 47.0 Å². The lowest BCUT2D eigenvalue weighted by molar-refractivity contribution is 0.0508. The first-order valence-corrected chi connectivity index (χ1v) is 6.14. The normalized spacial score (nSPS) is 10.4. The van der Waals surface area contributed by atoms with Crippen molar-refractivity contribution < 1.29 is 9.53 Å². The van der Waals surface area contributed by atoms with Gasteiger partial charge in [-0.3, -0.25) is 0 Å². The van der Waals surface area contributed by atoms with Crippen LogP contribution < -0.4 is 5.73 Å². The summed E-state index contributed by atoms with van der Waals surface area (Å²) < 4.78 is 7.04. The largest absolute Gasteiger partial charge is 0.462 e. The molecule has 1 aromatic heterocycles. The van der Waals surface area contributed by atoms with Gasteiger partial charge in [-0.25, -0.2) is 9.78 Å². The molecule has 100 valence electrons. The zero-order chi connectivity index (χ0) is 13.8. The molecular weight excluding hydrogens is 266 g/mol. The van der Waals surface area contributed by atoms with Crippen molar-refractivity contribution in [3.8, 4) is 0 Å². The number of hydrogen-bond acceptors (Lipinski definition) is 4. The standard InChI is InChI=1S/C13H14ClN3O2/c1-17-6-5-16-12(17)4-7-19-13(18)10-3-2-9(14)8-11(10)15/h2-3,5-6,8H,4,7,15H2,1H3. The van der Waals surface area contributed by atoms with E-state index in [9.17, 15) is 4.79 Å². The number of aromatic nitrogens is 2.